The Labute approximate surface area is 151 Å². The van der Waals surface area contributed by atoms with Crippen LogP contribution in [0.15, 0.2) is 18.5 Å². The Morgan fingerprint density at radius 1 is 1.32 bits per heavy atom. The third-order valence-electron chi connectivity index (χ3n) is 3.18. The molecule has 3 aromatic rings. The maximum absolute atomic E-state index is 12.6. The monoisotopic (exact) mass is 380 g/mol. The van der Waals surface area contributed by atoms with Crippen LogP contribution in [0.4, 0.5) is 5.13 Å². The molecule has 0 atom stereocenters. The van der Waals surface area contributed by atoms with Gasteiger partial charge in [-0.1, -0.05) is 16.7 Å². The van der Waals surface area contributed by atoms with E-state index in [1.807, 2.05) is 0 Å². The van der Waals surface area contributed by atoms with Crippen molar-refractivity contribution in [3.63, 3.8) is 0 Å². The van der Waals surface area contributed by atoms with Gasteiger partial charge in [0.2, 0.25) is 5.13 Å². The number of ether oxygens (including phenoxy) is 2. The zero-order valence-electron chi connectivity index (χ0n) is 13.5. The molecule has 0 radical (unpaired) electrons. The second-order valence-electron chi connectivity index (χ2n) is 4.80. The fraction of sp³-hybridized carbons (Fsp3) is 0.214. The number of pyridine rings is 1. The molecule has 0 spiro atoms. The van der Waals surface area contributed by atoms with E-state index >= 15 is 0 Å². The lowest BCUT2D eigenvalue weighted by Crippen LogP contribution is -2.12. The van der Waals surface area contributed by atoms with Gasteiger partial charge in [-0.2, -0.15) is 5.10 Å². The number of nitrogens with zero attached hydrogens (tertiary/aromatic N) is 5. The van der Waals surface area contributed by atoms with Gasteiger partial charge in [-0.05, 0) is 17.4 Å². The van der Waals surface area contributed by atoms with E-state index in [1.165, 1.54) is 25.1 Å². The van der Waals surface area contributed by atoms with Gasteiger partial charge in [-0.25, -0.2) is 4.98 Å². The fourth-order valence-electron chi connectivity index (χ4n) is 2.13. The fourth-order valence-corrected chi connectivity index (χ4v) is 2.84. The molecular formula is C14H13ClN6O3S. The maximum atomic E-state index is 12.6. The Kier molecular flexibility index (Phi) is 4.81. The zero-order valence-corrected chi connectivity index (χ0v) is 15.1. The highest BCUT2D eigenvalue weighted by Gasteiger charge is 2.22. The lowest BCUT2D eigenvalue weighted by molar-refractivity contribution is 0.102. The van der Waals surface area contributed by atoms with Crippen LogP contribution in [0.5, 0.6) is 10.9 Å². The van der Waals surface area contributed by atoms with Crippen molar-refractivity contribution in [1.29, 1.82) is 0 Å². The molecule has 0 aliphatic rings. The summed E-state index contributed by atoms with van der Waals surface area (Å²) in [4.78, 5) is 16.6. The molecular weight excluding hydrogens is 368 g/mol. The number of hydrogen-bond donors (Lipinski definition) is 1. The molecule has 0 bridgehead atoms. The summed E-state index contributed by atoms with van der Waals surface area (Å²) in [6.07, 6.45) is 3.07. The SMILES string of the molecule is COc1nnc(NC(=O)c2cn(C)nc2-c2cc(Cl)ncc2OC)s1. The van der Waals surface area contributed by atoms with Crippen LogP contribution in [-0.2, 0) is 7.05 Å². The third kappa shape index (κ3) is 3.54. The first-order chi connectivity index (χ1) is 12.0. The van der Waals surface area contributed by atoms with E-state index < -0.39 is 5.91 Å². The predicted molar refractivity (Wildman–Crippen MR) is 92.4 cm³/mol. The molecule has 0 saturated carbocycles. The Bertz CT molecular complexity index is 925. The number of anilines is 1. The number of nitrogens with one attached hydrogen (secondary N) is 1. The minimum absolute atomic E-state index is 0.265. The molecule has 1 N–H and O–H groups in total. The molecule has 0 unspecified atom stereocenters. The summed E-state index contributed by atoms with van der Waals surface area (Å²) in [7, 11) is 4.69. The quantitative estimate of drug-likeness (QED) is 0.677. The predicted octanol–water partition coefficient (Wildman–Crippen LogP) is 2.26. The molecule has 130 valence electrons. The number of carbonyl (C=O) groups excluding carboxylic acids is 1. The van der Waals surface area contributed by atoms with Gasteiger partial charge in [0.15, 0.2) is 0 Å². The Morgan fingerprint density at radius 3 is 2.80 bits per heavy atom. The van der Waals surface area contributed by atoms with E-state index in [2.05, 4.69) is 25.6 Å². The molecule has 0 aliphatic carbocycles. The molecule has 0 fully saturated rings. The van der Waals surface area contributed by atoms with Crippen molar-refractivity contribution in [3.05, 3.63) is 29.2 Å². The summed E-state index contributed by atoms with van der Waals surface area (Å²) in [5.41, 5.74) is 1.30. The summed E-state index contributed by atoms with van der Waals surface area (Å²) >= 11 is 7.09. The smallest absolute Gasteiger partial charge is 0.295 e. The first-order valence-electron chi connectivity index (χ1n) is 6.94. The molecule has 3 heterocycles. The second-order valence-corrected chi connectivity index (χ2v) is 6.13. The average molecular weight is 381 g/mol. The van der Waals surface area contributed by atoms with Crippen LogP contribution < -0.4 is 14.8 Å². The lowest BCUT2D eigenvalue weighted by Gasteiger charge is -2.08. The van der Waals surface area contributed by atoms with Crippen LogP contribution in [0.1, 0.15) is 10.4 Å². The van der Waals surface area contributed by atoms with Gasteiger partial charge < -0.3 is 9.47 Å². The van der Waals surface area contributed by atoms with Gasteiger partial charge in [0.25, 0.3) is 11.1 Å². The van der Waals surface area contributed by atoms with Crippen molar-refractivity contribution in [2.45, 2.75) is 0 Å². The normalized spacial score (nSPS) is 10.6. The van der Waals surface area contributed by atoms with Crippen LogP contribution in [0, 0.1) is 0 Å². The van der Waals surface area contributed by atoms with Crippen molar-refractivity contribution in [1.82, 2.24) is 25.0 Å². The molecule has 3 aromatic heterocycles. The highest BCUT2D eigenvalue weighted by molar-refractivity contribution is 7.17. The number of carbonyl (C=O) groups is 1. The van der Waals surface area contributed by atoms with Crippen LogP contribution in [0.2, 0.25) is 5.15 Å². The minimum Gasteiger partial charge on any atom is -0.494 e. The van der Waals surface area contributed by atoms with Gasteiger partial charge in [0, 0.05) is 18.8 Å². The van der Waals surface area contributed by atoms with Crippen molar-refractivity contribution < 1.29 is 14.3 Å². The van der Waals surface area contributed by atoms with E-state index in [9.17, 15) is 4.79 Å². The highest BCUT2D eigenvalue weighted by atomic mass is 35.5. The second kappa shape index (κ2) is 7.03. The van der Waals surface area contributed by atoms with Crippen LogP contribution in [0.25, 0.3) is 11.3 Å². The molecule has 0 aromatic carbocycles. The molecule has 3 rings (SSSR count). The number of aromatic nitrogens is 5. The molecule has 25 heavy (non-hydrogen) atoms. The van der Waals surface area contributed by atoms with Crippen LogP contribution >= 0.6 is 22.9 Å². The largest absolute Gasteiger partial charge is 0.494 e. The number of aryl methyl sites for hydroxylation is 1. The zero-order chi connectivity index (χ0) is 18.0. The van der Waals surface area contributed by atoms with Crippen LogP contribution in [0.3, 0.4) is 0 Å². The minimum atomic E-state index is -0.392. The Balaban J connectivity index is 1.98. The van der Waals surface area contributed by atoms with Gasteiger partial charge >= 0.3 is 0 Å². The number of amides is 1. The first kappa shape index (κ1) is 17.1. The lowest BCUT2D eigenvalue weighted by atomic mass is 10.1. The van der Waals surface area contributed by atoms with Gasteiger partial charge in [-0.3, -0.25) is 14.8 Å². The molecule has 0 saturated heterocycles. The summed E-state index contributed by atoms with van der Waals surface area (Å²) in [6.45, 7) is 0. The Hall–Kier alpha value is -2.72. The number of halogens is 1. The van der Waals surface area contributed by atoms with E-state index in [0.717, 1.165) is 11.3 Å². The van der Waals surface area contributed by atoms with Crippen LogP contribution in [-0.4, -0.2) is 45.1 Å². The van der Waals surface area contributed by atoms with Gasteiger partial charge in [0.05, 0.1) is 26.0 Å². The summed E-state index contributed by atoms with van der Waals surface area (Å²) in [6, 6.07) is 1.59. The topological polar surface area (TPSA) is 104 Å². The standard InChI is InChI=1S/C14H13ClN6O3S/c1-21-6-8(12(22)17-13-18-19-14(24-3)25-13)11(20-21)7-4-10(15)16-5-9(7)23-2/h4-6H,1-3H3,(H,17,18,22). The Morgan fingerprint density at radius 2 is 2.12 bits per heavy atom. The summed E-state index contributed by atoms with van der Waals surface area (Å²) in [5, 5.41) is 15.6. The van der Waals surface area contributed by atoms with E-state index in [-0.39, 0.29) is 5.15 Å². The van der Waals surface area contributed by atoms with E-state index in [0.29, 0.717) is 32.9 Å². The van der Waals surface area contributed by atoms with E-state index in [4.69, 9.17) is 21.1 Å². The molecule has 9 nitrogen and oxygen atoms in total. The van der Waals surface area contributed by atoms with Gasteiger partial charge in [0.1, 0.15) is 16.6 Å². The molecule has 11 heteroatoms. The highest BCUT2D eigenvalue weighted by Crippen LogP contribution is 2.33. The maximum Gasteiger partial charge on any atom is 0.295 e. The summed E-state index contributed by atoms with van der Waals surface area (Å²) < 4.78 is 11.8. The summed E-state index contributed by atoms with van der Waals surface area (Å²) in [5.74, 6) is 0.0617. The van der Waals surface area contributed by atoms with Crippen molar-refractivity contribution >= 4 is 34.0 Å². The third-order valence-corrected chi connectivity index (χ3v) is 4.19. The first-order valence-corrected chi connectivity index (χ1v) is 8.13. The number of methoxy groups -OCH3 is 2. The van der Waals surface area contributed by atoms with Crippen molar-refractivity contribution in [2.75, 3.05) is 19.5 Å². The molecule has 1 amide bonds. The number of rotatable bonds is 5. The van der Waals surface area contributed by atoms with E-state index in [1.54, 1.807) is 19.3 Å². The van der Waals surface area contributed by atoms with Crippen molar-refractivity contribution in [2.24, 2.45) is 7.05 Å². The van der Waals surface area contributed by atoms with Crippen molar-refractivity contribution in [3.8, 4) is 22.2 Å². The number of hydrogen-bond acceptors (Lipinski definition) is 8. The molecule has 0 aliphatic heterocycles. The van der Waals surface area contributed by atoms with Gasteiger partial charge in [-0.15, -0.1) is 5.10 Å². The average Bonchev–Trinajstić information content (AvgIpc) is 3.21.